The number of ketones is 1. The van der Waals surface area contributed by atoms with E-state index in [1.54, 1.807) is 24.3 Å². The number of hydrogen-bond donors (Lipinski definition) is 2. The molecule has 0 atom stereocenters. The van der Waals surface area contributed by atoms with Crippen LogP contribution in [0.15, 0.2) is 53.4 Å². The van der Waals surface area contributed by atoms with Crippen molar-refractivity contribution in [1.82, 2.24) is 5.48 Å². The number of sulfone groups is 1. The first-order chi connectivity index (χ1) is 15.3. The standard InChI is InChI=1S/C22H25NO8S/c1-16(24)17-3-2-4-19(15-17)31-14-13-30-18-5-7-20(8-6-18)32(27,28)22(21(25)23-26)9-11-29-12-10-22/h2-8,15,26H,9-14H2,1H3,(H,23,25). The average Bonchev–Trinajstić information content (AvgIpc) is 2.82. The average molecular weight is 464 g/mol. The van der Waals surface area contributed by atoms with Crippen LogP contribution in [0.1, 0.15) is 30.1 Å². The molecule has 0 aliphatic carbocycles. The molecule has 2 aromatic rings. The Hall–Kier alpha value is -2.95. The number of carbonyl (C=O) groups is 2. The first kappa shape index (κ1) is 23.7. The molecule has 1 aliphatic rings. The van der Waals surface area contributed by atoms with Crippen molar-refractivity contribution in [2.45, 2.75) is 29.4 Å². The summed E-state index contributed by atoms with van der Waals surface area (Å²) in [5.74, 6) is -0.0443. The number of nitrogens with one attached hydrogen (secondary N) is 1. The second kappa shape index (κ2) is 10.1. The summed E-state index contributed by atoms with van der Waals surface area (Å²) < 4.78 is 41.0. The molecule has 1 fully saturated rings. The van der Waals surface area contributed by atoms with Crippen molar-refractivity contribution in [3.05, 3.63) is 54.1 Å². The summed E-state index contributed by atoms with van der Waals surface area (Å²) in [5, 5.41) is 9.10. The van der Waals surface area contributed by atoms with Gasteiger partial charge >= 0.3 is 0 Å². The van der Waals surface area contributed by atoms with Gasteiger partial charge in [-0.2, -0.15) is 0 Å². The van der Waals surface area contributed by atoms with Gasteiger partial charge in [0.05, 0.1) is 4.90 Å². The number of hydrogen-bond acceptors (Lipinski definition) is 8. The Morgan fingerprint density at radius 1 is 1.03 bits per heavy atom. The Balaban J connectivity index is 1.62. The molecule has 32 heavy (non-hydrogen) atoms. The minimum absolute atomic E-state index is 0.0485. The van der Waals surface area contributed by atoms with Crippen LogP contribution in [0.2, 0.25) is 0 Å². The molecule has 1 amide bonds. The van der Waals surface area contributed by atoms with E-state index in [-0.39, 0.29) is 49.9 Å². The molecule has 0 unspecified atom stereocenters. The summed E-state index contributed by atoms with van der Waals surface area (Å²) in [6.45, 7) is 2.10. The number of amides is 1. The van der Waals surface area contributed by atoms with Gasteiger partial charge in [0.2, 0.25) is 0 Å². The van der Waals surface area contributed by atoms with Crippen LogP contribution in [0, 0.1) is 0 Å². The van der Waals surface area contributed by atoms with Gasteiger partial charge in [-0.05, 0) is 56.2 Å². The molecule has 1 saturated heterocycles. The zero-order valence-electron chi connectivity index (χ0n) is 17.6. The van der Waals surface area contributed by atoms with Crippen LogP contribution in [0.25, 0.3) is 0 Å². The molecule has 10 heteroatoms. The van der Waals surface area contributed by atoms with Crippen molar-refractivity contribution in [3.8, 4) is 11.5 Å². The van der Waals surface area contributed by atoms with Gasteiger partial charge in [-0.25, -0.2) is 13.9 Å². The molecule has 2 N–H and O–H groups in total. The maximum atomic E-state index is 13.2. The molecule has 2 aromatic carbocycles. The summed E-state index contributed by atoms with van der Waals surface area (Å²) in [7, 11) is -4.08. The van der Waals surface area contributed by atoms with Crippen molar-refractivity contribution in [2.75, 3.05) is 26.4 Å². The zero-order chi connectivity index (χ0) is 23.2. The summed E-state index contributed by atoms with van der Waals surface area (Å²) >= 11 is 0. The monoisotopic (exact) mass is 463 g/mol. The van der Waals surface area contributed by atoms with E-state index in [0.717, 1.165) is 0 Å². The van der Waals surface area contributed by atoms with Gasteiger partial charge in [-0.15, -0.1) is 0 Å². The molecule has 1 heterocycles. The van der Waals surface area contributed by atoms with Gasteiger partial charge in [0.25, 0.3) is 5.91 Å². The van der Waals surface area contributed by atoms with E-state index >= 15 is 0 Å². The fourth-order valence-electron chi connectivity index (χ4n) is 3.49. The fourth-order valence-corrected chi connectivity index (χ4v) is 5.42. The molecule has 0 aromatic heterocycles. The molecule has 0 bridgehead atoms. The highest BCUT2D eigenvalue weighted by Crippen LogP contribution is 2.35. The number of hydroxylamine groups is 1. The molecule has 3 rings (SSSR count). The predicted octanol–water partition coefficient (Wildman–Crippen LogP) is 2.18. The molecular formula is C22H25NO8S. The lowest BCUT2D eigenvalue weighted by molar-refractivity contribution is -0.134. The maximum Gasteiger partial charge on any atom is 0.265 e. The quantitative estimate of drug-likeness (QED) is 0.251. The van der Waals surface area contributed by atoms with Gasteiger partial charge in [0, 0.05) is 18.8 Å². The van der Waals surface area contributed by atoms with Gasteiger partial charge < -0.3 is 14.2 Å². The van der Waals surface area contributed by atoms with E-state index in [0.29, 0.717) is 17.1 Å². The molecule has 0 spiro atoms. The van der Waals surface area contributed by atoms with Gasteiger partial charge in [-0.3, -0.25) is 14.8 Å². The van der Waals surface area contributed by atoms with Crippen molar-refractivity contribution in [2.24, 2.45) is 0 Å². The number of ether oxygens (including phenoxy) is 3. The second-order valence-electron chi connectivity index (χ2n) is 7.30. The SMILES string of the molecule is CC(=O)c1cccc(OCCOc2ccc(S(=O)(=O)C3(C(=O)NO)CCOCC3)cc2)c1. The largest absolute Gasteiger partial charge is 0.490 e. The highest BCUT2D eigenvalue weighted by Gasteiger charge is 2.52. The lowest BCUT2D eigenvalue weighted by atomic mass is 9.98. The Bertz CT molecular complexity index is 1060. The van der Waals surface area contributed by atoms with E-state index in [1.807, 2.05) is 0 Å². The number of Topliss-reactive ketones (excluding diaryl/α,β-unsaturated/α-hetero) is 1. The van der Waals surface area contributed by atoms with Crippen molar-refractivity contribution in [3.63, 3.8) is 0 Å². The van der Waals surface area contributed by atoms with E-state index in [1.165, 1.54) is 36.7 Å². The maximum absolute atomic E-state index is 13.2. The van der Waals surface area contributed by atoms with Gasteiger partial charge in [0.1, 0.15) is 24.7 Å². The third-order valence-electron chi connectivity index (χ3n) is 5.33. The lowest BCUT2D eigenvalue weighted by Gasteiger charge is -2.34. The normalized spacial score (nSPS) is 15.6. The zero-order valence-corrected chi connectivity index (χ0v) is 18.4. The number of rotatable bonds is 9. The van der Waals surface area contributed by atoms with E-state index < -0.39 is 20.5 Å². The first-order valence-electron chi connectivity index (χ1n) is 10.0. The molecule has 0 saturated carbocycles. The van der Waals surface area contributed by atoms with Crippen molar-refractivity contribution < 1.29 is 37.4 Å². The van der Waals surface area contributed by atoms with Crippen LogP contribution < -0.4 is 15.0 Å². The van der Waals surface area contributed by atoms with Crippen LogP contribution in [0.4, 0.5) is 0 Å². The van der Waals surface area contributed by atoms with Crippen LogP contribution in [-0.2, 0) is 19.4 Å². The van der Waals surface area contributed by atoms with Crippen LogP contribution in [0.5, 0.6) is 11.5 Å². The third-order valence-corrected chi connectivity index (χ3v) is 7.84. The third kappa shape index (κ3) is 4.93. The highest BCUT2D eigenvalue weighted by atomic mass is 32.2. The van der Waals surface area contributed by atoms with Crippen molar-refractivity contribution in [1.29, 1.82) is 0 Å². The fraction of sp³-hybridized carbons (Fsp3) is 0.364. The molecule has 9 nitrogen and oxygen atoms in total. The van der Waals surface area contributed by atoms with Crippen LogP contribution in [-0.4, -0.2) is 56.5 Å². The lowest BCUT2D eigenvalue weighted by Crippen LogP contribution is -2.54. The minimum Gasteiger partial charge on any atom is -0.490 e. The number of carbonyl (C=O) groups excluding carboxylic acids is 2. The summed E-state index contributed by atoms with van der Waals surface area (Å²) in [5.41, 5.74) is 2.04. The van der Waals surface area contributed by atoms with Gasteiger partial charge in [0.15, 0.2) is 20.4 Å². The molecule has 0 radical (unpaired) electrons. The van der Waals surface area contributed by atoms with E-state index in [2.05, 4.69) is 0 Å². The summed E-state index contributed by atoms with van der Waals surface area (Å²) in [4.78, 5) is 23.6. The summed E-state index contributed by atoms with van der Waals surface area (Å²) in [6.07, 6.45) is -0.107. The number of benzene rings is 2. The summed E-state index contributed by atoms with van der Waals surface area (Å²) in [6, 6.07) is 12.5. The molecular weight excluding hydrogens is 438 g/mol. The second-order valence-corrected chi connectivity index (χ2v) is 9.56. The Morgan fingerprint density at radius 2 is 1.66 bits per heavy atom. The molecule has 172 valence electrons. The predicted molar refractivity (Wildman–Crippen MR) is 114 cm³/mol. The van der Waals surface area contributed by atoms with E-state index in [9.17, 15) is 18.0 Å². The molecule has 1 aliphatic heterocycles. The topological polar surface area (TPSA) is 128 Å². The minimum atomic E-state index is -4.08. The van der Waals surface area contributed by atoms with E-state index in [4.69, 9.17) is 19.4 Å². The Morgan fingerprint density at radius 3 is 2.25 bits per heavy atom. The van der Waals surface area contributed by atoms with Crippen molar-refractivity contribution >= 4 is 21.5 Å². The first-order valence-corrected chi connectivity index (χ1v) is 11.5. The van der Waals surface area contributed by atoms with Crippen LogP contribution >= 0.6 is 0 Å². The Labute approximate surface area is 186 Å². The smallest absolute Gasteiger partial charge is 0.265 e. The highest BCUT2D eigenvalue weighted by molar-refractivity contribution is 7.93. The van der Waals surface area contributed by atoms with Gasteiger partial charge in [-0.1, -0.05) is 12.1 Å². The van der Waals surface area contributed by atoms with Crippen LogP contribution in [0.3, 0.4) is 0 Å². The Kier molecular flexibility index (Phi) is 7.49.